The van der Waals surface area contributed by atoms with Gasteiger partial charge in [-0.3, -0.25) is 4.90 Å². The van der Waals surface area contributed by atoms with Gasteiger partial charge in [0.15, 0.2) is 34.5 Å². The SMILES string of the molecule is COc1ccc(C[C@@H]2c3cc(OC)c(OC)c(OC)c3CC[N+]2(C)C)cc1Oc1ccc(C[C@H]2c3cc4c(c(OC)c3CCN2C)OCO4)cc1. The zero-order valence-electron chi connectivity index (χ0n) is 31.0. The average molecular weight is 698 g/mol. The lowest BCUT2D eigenvalue weighted by Crippen LogP contribution is -2.48. The third-order valence-corrected chi connectivity index (χ3v) is 10.9. The Bertz CT molecular complexity index is 1910. The molecule has 4 aromatic carbocycles. The lowest BCUT2D eigenvalue weighted by atomic mass is 9.86. The molecule has 0 radical (unpaired) electrons. The normalized spacial score (nSPS) is 18.7. The van der Waals surface area contributed by atoms with Gasteiger partial charge in [0, 0.05) is 42.1 Å². The topological polar surface area (TPSA) is 77.1 Å². The first-order valence-corrected chi connectivity index (χ1v) is 17.5. The van der Waals surface area contributed by atoms with E-state index in [2.05, 4.69) is 62.4 Å². The number of nitrogens with zero attached hydrogens (tertiary/aromatic N) is 2. The fourth-order valence-corrected chi connectivity index (χ4v) is 8.06. The van der Waals surface area contributed by atoms with E-state index in [4.69, 9.17) is 37.9 Å². The number of quaternary nitrogens is 1. The van der Waals surface area contributed by atoms with Gasteiger partial charge >= 0.3 is 0 Å². The number of hydrogen-bond donors (Lipinski definition) is 0. The molecule has 0 aromatic heterocycles. The first-order chi connectivity index (χ1) is 24.7. The van der Waals surface area contributed by atoms with Crippen molar-refractivity contribution in [1.29, 1.82) is 0 Å². The van der Waals surface area contributed by atoms with Crippen molar-refractivity contribution in [3.63, 3.8) is 0 Å². The molecule has 3 aliphatic heterocycles. The van der Waals surface area contributed by atoms with Crippen molar-refractivity contribution < 1.29 is 42.4 Å². The molecule has 7 rings (SSSR count). The van der Waals surface area contributed by atoms with Crippen LogP contribution in [0.1, 0.15) is 45.5 Å². The number of rotatable bonds is 11. The summed E-state index contributed by atoms with van der Waals surface area (Å²) in [6, 6.07) is 19.2. The summed E-state index contributed by atoms with van der Waals surface area (Å²) in [6.07, 6.45) is 3.42. The lowest BCUT2D eigenvalue weighted by molar-refractivity contribution is -0.923. The minimum Gasteiger partial charge on any atom is -0.493 e. The van der Waals surface area contributed by atoms with Gasteiger partial charge in [-0.15, -0.1) is 0 Å². The molecule has 0 saturated carbocycles. The van der Waals surface area contributed by atoms with Gasteiger partial charge < -0.3 is 42.4 Å². The van der Waals surface area contributed by atoms with Crippen LogP contribution in [-0.2, 0) is 25.7 Å². The highest BCUT2D eigenvalue weighted by molar-refractivity contribution is 5.62. The Morgan fingerprint density at radius 2 is 1.39 bits per heavy atom. The molecule has 270 valence electrons. The second kappa shape index (κ2) is 14.1. The molecule has 3 aliphatic rings. The van der Waals surface area contributed by atoms with E-state index in [0.29, 0.717) is 28.7 Å². The van der Waals surface area contributed by atoms with Crippen molar-refractivity contribution in [3.8, 4) is 51.7 Å². The van der Waals surface area contributed by atoms with Crippen LogP contribution in [0.4, 0.5) is 0 Å². The Hall–Kier alpha value is -4.80. The van der Waals surface area contributed by atoms with Crippen molar-refractivity contribution in [2.75, 3.05) is 76.6 Å². The molecule has 2 atom stereocenters. The molecule has 10 heteroatoms. The summed E-state index contributed by atoms with van der Waals surface area (Å²) in [5.74, 6) is 6.44. The van der Waals surface area contributed by atoms with Crippen molar-refractivity contribution in [2.24, 2.45) is 0 Å². The summed E-state index contributed by atoms with van der Waals surface area (Å²) < 4.78 is 47.8. The summed E-state index contributed by atoms with van der Waals surface area (Å²) in [5, 5.41) is 0. The Balaban J connectivity index is 1.13. The molecule has 51 heavy (non-hydrogen) atoms. The van der Waals surface area contributed by atoms with Crippen LogP contribution in [0.5, 0.6) is 51.7 Å². The van der Waals surface area contributed by atoms with Crippen molar-refractivity contribution in [1.82, 2.24) is 4.90 Å². The minimum absolute atomic E-state index is 0.158. The Kier molecular flexibility index (Phi) is 9.56. The molecule has 0 spiro atoms. The van der Waals surface area contributed by atoms with E-state index in [1.165, 1.54) is 27.8 Å². The predicted octanol–water partition coefficient (Wildman–Crippen LogP) is 6.94. The largest absolute Gasteiger partial charge is 0.493 e. The van der Waals surface area contributed by atoms with Crippen molar-refractivity contribution in [2.45, 2.75) is 37.8 Å². The number of methoxy groups -OCH3 is 5. The maximum absolute atomic E-state index is 6.51. The average Bonchev–Trinajstić information content (AvgIpc) is 3.61. The number of benzene rings is 4. The second-order valence-electron chi connectivity index (χ2n) is 14.1. The Labute approximate surface area is 300 Å². The van der Waals surface area contributed by atoms with E-state index in [1.807, 2.05) is 18.2 Å². The first kappa shape index (κ1) is 34.6. The second-order valence-corrected chi connectivity index (χ2v) is 14.1. The molecule has 0 fully saturated rings. The molecule has 0 N–H and O–H groups in total. The van der Waals surface area contributed by atoms with Crippen LogP contribution >= 0.6 is 0 Å². The molecule has 0 unspecified atom stereocenters. The molecule has 3 heterocycles. The van der Waals surface area contributed by atoms with Gasteiger partial charge in [-0.2, -0.15) is 0 Å². The van der Waals surface area contributed by atoms with E-state index in [1.54, 1.807) is 35.5 Å². The molecule has 4 aromatic rings. The van der Waals surface area contributed by atoms with Crippen molar-refractivity contribution >= 4 is 0 Å². The summed E-state index contributed by atoms with van der Waals surface area (Å²) in [4.78, 5) is 2.40. The van der Waals surface area contributed by atoms with Gasteiger partial charge in [0.25, 0.3) is 0 Å². The van der Waals surface area contributed by atoms with E-state index in [-0.39, 0.29) is 18.9 Å². The van der Waals surface area contributed by atoms with E-state index in [9.17, 15) is 0 Å². The van der Waals surface area contributed by atoms with Gasteiger partial charge in [-0.1, -0.05) is 18.2 Å². The maximum atomic E-state index is 6.51. The van der Waals surface area contributed by atoms with Gasteiger partial charge in [0.05, 0.1) is 56.2 Å². The van der Waals surface area contributed by atoms with Gasteiger partial charge in [0.1, 0.15) is 11.8 Å². The van der Waals surface area contributed by atoms with E-state index in [0.717, 1.165) is 71.8 Å². The monoisotopic (exact) mass is 697 g/mol. The summed E-state index contributed by atoms with van der Waals surface area (Å²) >= 11 is 0. The van der Waals surface area contributed by atoms with Crippen LogP contribution in [-0.4, -0.2) is 86.0 Å². The molecular formula is C41H49N2O8+. The zero-order valence-corrected chi connectivity index (χ0v) is 31.0. The zero-order chi connectivity index (χ0) is 35.9. The first-order valence-electron chi connectivity index (χ1n) is 17.5. The van der Waals surface area contributed by atoms with Crippen LogP contribution in [0, 0.1) is 0 Å². The van der Waals surface area contributed by atoms with Gasteiger partial charge in [-0.05, 0) is 73.0 Å². The Morgan fingerprint density at radius 3 is 2.10 bits per heavy atom. The molecule has 0 bridgehead atoms. The van der Waals surface area contributed by atoms with E-state index < -0.39 is 0 Å². The van der Waals surface area contributed by atoms with Crippen molar-refractivity contribution in [3.05, 3.63) is 88.0 Å². The van der Waals surface area contributed by atoms with Gasteiger partial charge in [-0.25, -0.2) is 0 Å². The number of hydrogen-bond acceptors (Lipinski definition) is 9. The maximum Gasteiger partial charge on any atom is 0.231 e. The number of likely N-dealkylation sites (N-methyl/N-ethyl adjacent to an activating group) is 2. The molecule has 0 saturated heterocycles. The highest BCUT2D eigenvalue weighted by Crippen LogP contribution is 2.50. The fourth-order valence-electron chi connectivity index (χ4n) is 8.06. The van der Waals surface area contributed by atoms with Crippen LogP contribution in [0.3, 0.4) is 0 Å². The van der Waals surface area contributed by atoms with Crippen LogP contribution in [0.15, 0.2) is 54.6 Å². The van der Waals surface area contributed by atoms with E-state index >= 15 is 0 Å². The molecular weight excluding hydrogens is 648 g/mol. The third-order valence-electron chi connectivity index (χ3n) is 10.9. The quantitative estimate of drug-likeness (QED) is 0.155. The van der Waals surface area contributed by atoms with Crippen LogP contribution in [0.2, 0.25) is 0 Å². The van der Waals surface area contributed by atoms with Crippen LogP contribution in [0.25, 0.3) is 0 Å². The lowest BCUT2D eigenvalue weighted by Gasteiger charge is -2.43. The minimum atomic E-state index is 0.158. The standard InChI is InChI=1S/C41H49N2O8/c1-42-17-15-28-30(22-37-41(39(28)47-7)50-24-49-37)32(42)19-25-9-12-27(13-10-25)51-35-21-26(11-14-34(35)44-4)20-33-31-23-36(45-5)40(48-8)38(46-6)29(31)16-18-43(33,2)3/h9-14,21-23,32-33H,15-20,24H2,1-8H3/q+1/t32-,33+/m0/s1. The smallest absolute Gasteiger partial charge is 0.231 e. The molecule has 10 nitrogen and oxygen atoms in total. The van der Waals surface area contributed by atoms with Crippen LogP contribution < -0.4 is 37.9 Å². The number of fused-ring (bicyclic) bond motifs is 3. The third kappa shape index (κ3) is 6.36. The summed E-state index contributed by atoms with van der Waals surface area (Å²) in [6.45, 7) is 2.12. The predicted molar refractivity (Wildman–Crippen MR) is 195 cm³/mol. The Morgan fingerprint density at radius 1 is 0.686 bits per heavy atom. The highest BCUT2D eigenvalue weighted by Gasteiger charge is 2.39. The fraction of sp³-hybridized carbons (Fsp3) is 0.415. The summed E-state index contributed by atoms with van der Waals surface area (Å²) in [5.41, 5.74) is 7.18. The highest BCUT2D eigenvalue weighted by atomic mass is 16.7. The van der Waals surface area contributed by atoms with Gasteiger partial charge in [0.2, 0.25) is 18.3 Å². The number of ether oxygens (including phenoxy) is 8. The summed E-state index contributed by atoms with van der Waals surface area (Å²) in [7, 11) is 15.1. The molecule has 0 amide bonds. The molecule has 0 aliphatic carbocycles.